The van der Waals surface area contributed by atoms with Gasteiger partial charge < -0.3 is 25.0 Å². The molecule has 0 radical (unpaired) electrons. The molecule has 1 saturated heterocycles. The Kier molecular flexibility index (Phi) is 7.88. The van der Waals surface area contributed by atoms with Crippen molar-refractivity contribution in [2.24, 2.45) is 5.92 Å². The van der Waals surface area contributed by atoms with Crippen LogP contribution in [0.25, 0.3) is 10.9 Å². The zero-order valence-electron chi connectivity index (χ0n) is 22.3. The molecule has 0 saturated carbocycles. The van der Waals surface area contributed by atoms with E-state index in [4.69, 9.17) is 9.47 Å². The highest BCUT2D eigenvalue weighted by molar-refractivity contribution is 6.04. The molecule has 4 aromatic rings. The Bertz CT molecular complexity index is 1470. The number of aromatic nitrogens is 2. The van der Waals surface area contributed by atoms with Gasteiger partial charge in [-0.15, -0.1) is 0 Å². The molecular formula is C30H32FN5O3. The molecule has 2 N–H and O–H groups in total. The highest BCUT2D eigenvalue weighted by atomic mass is 19.1. The summed E-state index contributed by atoms with van der Waals surface area (Å²) in [5.41, 5.74) is 2.77. The van der Waals surface area contributed by atoms with Crippen LogP contribution in [0, 0.1) is 18.7 Å². The first-order valence-corrected chi connectivity index (χ1v) is 13.0. The summed E-state index contributed by atoms with van der Waals surface area (Å²) >= 11 is 0. The smallest absolute Gasteiger partial charge is 0.255 e. The number of aryl methyl sites for hydroxylation is 1. The maximum absolute atomic E-state index is 15.0. The van der Waals surface area contributed by atoms with E-state index in [1.165, 1.54) is 12.4 Å². The van der Waals surface area contributed by atoms with E-state index in [1.54, 1.807) is 37.4 Å². The number of piperidine rings is 1. The van der Waals surface area contributed by atoms with Crippen LogP contribution in [0.15, 0.2) is 60.9 Å². The number of rotatable bonds is 8. The summed E-state index contributed by atoms with van der Waals surface area (Å²) in [5, 5.41) is 6.45. The Morgan fingerprint density at radius 2 is 1.82 bits per heavy atom. The van der Waals surface area contributed by atoms with Crippen molar-refractivity contribution in [3.63, 3.8) is 0 Å². The van der Waals surface area contributed by atoms with Gasteiger partial charge in [-0.2, -0.15) is 0 Å². The van der Waals surface area contributed by atoms with Crippen molar-refractivity contribution < 1.29 is 18.7 Å². The van der Waals surface area contributed by atoms with E-state index < -0.39 is 5.82 Å². The number of anilines is 3. The lowest BCUT2D eigenvalue weighted by atomic mass is 9.98. The molecule has 3 aromatic carbocycles. The van der Waals surface area contributed by atoms with Gasteiger partial charge in [-0.25, -0.2) is 14.4 Å². The van der Waals surface area contributed by atoms with Crippen LogP contribution in [0.3, 0.4) is 0 Å². The van der Waals surface area contributed by atoms with Crippen molar-refractivity contribution in [3.05, 3.63) is 77.9 Å². The maximum Gasteiger partial charge on any atom is 0.255 e. The van der Waals surface area contributed by atoms with Gasteiger partial charge in [0.15, 0.2) is 11.5 Å². The Balaban J connectivity index is 1.31. The molecule has 0 spiro atoms. The van der Waals surface area contributed by atoms with Crippen molar-refractivity contribution >= 4 is 34.0 Å². The number of hydrogen-bond donors (Lipinski definition) is 2. The molecule has 39 heavy (non-hydrogen) atoms. The summed E-state index contributed by atoms with van der Waals surface area (Å²) in [6.07, 6.45) is 3.62. The van der Waals surface area contributed by atoms with Crippen LogP contribution >= 0.6 is 0 Å². The van der Waals surface area contributed by atoms with Gasteiger partial charge in [-0.1, -0.05) is 17.7 Å². The van der Waals surface area contributed by atoms with Crippen molar-refractivity contribution in [2.45, 2.75) is 19.8 Å². The van der Waals surface area contributed by atoms with E-state index >= 15 is 4.39 Å². The number of likely N-dealkylation sites (tertiary alicyclic amines) is 1. The fraction of sp³-hybridized carbons (Fsp3) is 0.300. The molecule has 1 fully saturated rings. The van der Waals surface area contributed by atoms with Gasteiger partial charge in [-0.3, -0.25) is 4.79 Å². The first-order valence-electron chi connectivity index (χ1n) is 13.0. The number of nitrogens with one attached hydrogen (secondary N) is 2. The monoisotopic (exact) mass is 529 g/mol. The number of nitrogens with zero attached hydrogens (tertiary/aromatic N) is 3. The van der Waals surface area contributed by atoms with E-state index in [0.29, 0.717) is 52.0 Å². The van der Waals surface area contributed by atoms with Crippen molar-refractivity contribution in [1.29, 1.82) is 0 Å². The van der Waals surface area contributed by atoms with E-state index in [2.05, 4.69) is 32.5 Å². The number of hydrogen-bond acceptors (Lipinski definition) is 7. The van der Waals surface area contributed by atoms with Gasteiger partial charge in [0.1, 0.15) is 18.0 Å². The molecule has 0 unspecified atom stereocenters. The average Bonchev–Trinajstić information content (AvgIpc) is 2.94. The van der Waals surface area contributed by atoms with Gasteiger partial charge in [0.05, 0.1) is 24.9 Å². The molecule has 8 nitrogen and oxygen atoms in total. The third-order valence-electron chi connectivity index (χ3n) is 7.03. The number of methoxy groups -OCH3 is 1. The van der Waals surface area contributed by atoms with Crippen LogP contribution in [-0.2, 0) is 0 Å². The number of carbonyl (C=O) groups is 1. The molecule has 5 rings (SSSR count). The lowest BCUT2D eigenvalue weighted by Gasteiger charge is -2.28. The first kappa shape index (κ1) is 26.4. The average molecular weight is 530 g/mol. The number of halogens is 1. The first-order chi connectivity index (χ1) is 18.9. The quantitative estimate of drug-likeness (QED) is 0.298. The Morgan fingerprint density at radius 3 is 2.54 bits per heavy atom. The standard InChI is InChI=1S/C30H32FN5O3/c1-19-4-6-21(7-5-19)30(37)34-22-8-9-25(24(31)14-22)35-29-23-15-27(38-3)28(16-26(23)32-18-33-29)39-17-20-10-12-36(2)13-11-20/h4-9,14-16,18,20H,10-13,17H2,1-3H3,(H,34,37)(H,32,33,35). The number of fused-ring (bicyclic) bond motifs is 1. The summed E-state index contributed by atoms with van der Waals surface area (Å²) in [5.74, 6) is 1.26. The van der Waals surface area contributed by atoms with E-state index in [0.717, 1.165) is 31.5 Å². The van der Waals surface area contributed by atoms with Crippen LogP contribution in [0.5, 0.6) is 11.5 Å². The van der Waals surface area contributed by atoms with Gasteiger partial charge >= 0.3 is 0 Å². The minimum atomic E-state index is -0.534. The lowest BCUT2D eigenvalue weighted by Crippen LogP contribution is -2.32. The molecule has 0 aliphatic carbocycles. The molecule has 1 aliphatic heterocycles. The number of ether oxygens (including phenoxy) is 2. The molecule has 9 heteroatoms. The highest BCUT2D eigenvalue weighted by Gasteiger charge is 2.19. The van der Waals surface area contributed by atoms with E-state index in [1.807, 2.05) is 25.1 Å². The summed E-state index contributed by atoms with van der Waals surface area (Å²) < 4.78 is 26.8. The van der Waals surface area contributed by atoms with Gasteiger partial charge in [0, 0.05) is 22.7 Å². The normalized spacial score (nSPS) is 14.3. The van der Waals surface area contributed by atoms with Gasteiger partial charge in [0.2, 0.25) is 0 Å². The van der Waals surface area contributed by atoms with E-state index in [-0.39, 0.29) is 11.6 Å². The Hall–Kier alpha value is -4.24. The van der Waals surface area contributed by atoms with Crippen molar-refractivity contribution in [2.75, 3.05) is 44.5 Å². The molecule has 0 bridgehead atoms. The number of benzene rings is 3. The summed E-state index contributed by atoms with van der Waals surface area (Å²) in [6.45, 7) is 4.71. The molecule has 2 heterocycles. The van der Waals surface area contributed by atoms with Gasteiger partial charge in [-0.05, 0) is 82.2 Å². The van der Waals surface area contributed by atoms with Crippen LogP contribution in [-0.4, -0.2) is 54.6 Å². The predicted octanol–water partition coefficient (Wildman–Crippen LogP) is 5.80. The molecule has 202 valence electrons. The minimum absolute atomic E-state index is 0.213. The SMILES string of the molecule is COc1cc2c(Nc3ccc(NC(=O)c4ccc(C)cc4)cc3F)ncnc2cc1OCC1CCN(C)CC1. The molecule has 1 aromatic heterocycles. The summed E-state index contributed by atoms with van der Waals surface area (Å²) in [4.78, 5) is 23.6. The zero-order valence-corrected chi connectivity index (χ0v) is 22.3. The second-order valence-corrected chi connectivity index (χ2v) is 9.94. The van der Waals surface area contributed by atoms with Crippen molar-refractivity contribution in [1.82, 2.24) is 14.9 Å². The largest absolute Gasteiger partial charge is 0.493 e. The van der Waals surface area contributed by atoms with Crippen LogP contribution < -0.4 is 20.1 Å². The molecular weight excluding hydrogens is 497 g/mol. The minimum Gasteiger partial charge on any atom is -0.493 e. The molecule has 1 amide bonds. The predicted molar refractivity (Wildman–Crippen MR) is 151 cm³/mol. The fourth-order valence-electron chi connectivity index (χ4n) is 4.60. The zero-order chi connectivity index (χ0) is 27.4. The number of amides is 1. The van der Waals surface area contributed by atoms with Gasteiger partial charge in [0.25, 0.3) is 5.91 Å². The lowest BCUT2D eigenvalue weighted by molar-refractivity contribution is 0.102. The van der Waals surface area contributed by atoms with Crippen LogP contribution in [0.4, 0.5) is 21.6 Å². The number of carbonyl (C=O) groups excluding carboxylic acids is 1. The molecule has 0 atom stereocenters. The van der Waals surface area contributed by atoms with Crippen molar-refractivity contribution in [3.8, 4) is 11.5 Å². The highest BCUT2D eigenvalue weighted by Crippen LogP contribution is 2.36. The maximum atomic E-state index is 15.0. The second-order valence-electron chi connectivity index (χ2n) is 9.94. The Morgan fingerprint density at radius 1 is 1.05 bits per heavy atom. The Labute approximate surface area is 227 Å². The van der Waals surface area contributed by atoms with Crippen LogP contribution in [0.1, 0.15) is 28.8 Å². The van der Waals surface area contributed by atoms with E-state index in [9.17, 15) is 4.79 Å². The molecule has 1 aliphatic rings. The third-order valence-corrected chi connectivity index (χ3v) is 7.03. The topological polar surface area (TPSA) is 88.6 Å². The summed E-state index contributed by atoms with van der Waals surface area (Å²) in [6, 6.07) is 15.3. The fourth-order valence-corrected chi connectivity index (χ4v) is 4.60. The summed E-state index contributed by atoms with van der Waals surface area (Å²) in [7, 11) is 3.73. The third kappa shape index (κ3) is 6.26. The second kappa shape index (κ2) is 11.7. The van der Waals surface area contributed by atoms with Crippen LogP contribution in [0.2, 0.25) is 0 Å².